The molecule has 0 saturated carbocycles. The molecule has 0 bridgehead atoms. The second kappa shape index (κ2) is 7.83. The molecule has 2 saturated heterocycles. The molecule has 3 heterocycles. The molecule has 2 aliphatic rings. The van der Waals surface area contributed by atoms with E-state index < -0.39 is 0 Å². The Labute approximate surface area is 150 Å². The lowest BCUT2D eigenvalue weighted by Crippen LogP contribution is -2.45. The fraction of sp³-hybridized carbons (Fsp3) is 0.789. The lowest BCUT2D eigenvalue weighted by Gasteiger charge is -2.33. The molecule has 5 heteroatoms. The van der Waals surface area contributed by atoms with Crippen LogP contribution in [0.1, 0.15) is 36.4 Å². The van der Waals surface area contributed by atoms with Crippen molar-refractivity contribution in [1.29, 1.82) is 0 Å². The summed E-state index contributed by atoms with van der Waals surface area (Å²) in [4.78, 5) is 7.73. The van der Waals surface area contributed by atoms with Crippen LogP contribution in [0.15, 0.2) is 12.1 Å². The van der Waals surface area contributed by atoms with Crippen LogP contribution in [0.3, 0.4) is 0 Å². The fourth-order valence-electron chi connectivity index (χ4n) is 3.69. The van der Waals surface area contributed by atoms with E-state index in [9.17, 15) is 0 Å². The average Bonchev–Trinajstić information content (AvgIpc) is 3.04. The highest BCUT2D eigenvalue weighted by atomic mass is 32.1. The van der Waals surface area contributed by atoms with Gasteiger partial charge in [-0.05, 0) is 52.8 Å². The number of likely N-dealkylation sites (N-methyl/N-ethyl adjacent to an activating group) is 1. The molecule has 2 fully saturated rings. The van der Waals surface area contributed by atoms with Crippen LogP contribution in [0.2, 0.25) is 0 Å². The first-order chi connectivity index (χ1) is 11.5. The standard InChI is InChI=1S/C19H32N2O2S/c1-15(2)20(4)11-17-7-8-19(23-17)13-21(9-10-22-14-19)12-18-6-5-16(3)24-18/h5-6,15,17H,7-14H2,1-4H3/t17-,19+/m0/s1. The molecule has 4 nitrogen and oxygen atoms in total. The van der Waals surface area contributed by atoms with E-state index in [-0.39, 0.29) is 5.60 Å². The van der Waals surface area contributed by atoms with Crippen LogP contribution >= 0.6 is 11.3 Å². The summed E-state index contributed by atoms with van der Waals surface area (Å²) >= 11 is 1.90. The van der Waals surface area contributed by atoms with Crippen molar-refractivity contribution in [1.82, 2.24) is 9.80 Å². The van der Waals surface area contributed by atoms with Crippen LogP contribution in [-0.2, 0) is 16.0 Å². The molecule has 1 aromatic rings. The van der Waals surface area contributed by atoms with Gasteiger partial charge in [0.05, 0.1) is 19.3 Å². The van der Waals surface area contributed by atoms with E-state index in [1.54, 1.807) is 0 Å². The molecule has 2 atom stereocenters. The van der Waals surface area contributed by atoms with E-state index in [4.69, 9.17) is 9.47 Å². The predicted octanol–water partition coefficient (Wildman–Crippen LogP) is 3.15. The van der Waals surface area contributed by atoms with Gasteiger partial charge in [0.25, 0.3) is 0 Å². The molecule has 3 rings (SSSR count). The summed E-state index contributed by atoms with van der Waals surface area (Å²) < 4.78 is 12.5. The molecule has 1 aromatic heterocycles. The Bertz CT molecular complexity index is 533. The van der Waals surface area contributed by atoms with E-state index in [0.29, 0.717) is 12.1 Å². The van der Waals surface area contributed by atoms with Crippen molar-refractivity contribution in [2.75, 3.05) is 39.9 Å². The van der Waals surface area contributed by atoms with Gasteiger partial charge in [-0.3, -0.25) is 4.90 Å². The van der Waals surface area contributed by atoms with Crippen molar-refractivity contribution in [3.8, 4) is 0 Å². The molecule has 0 radical (unpaired) electrons. The van der Waals surface area contributed by atoms with Gasteiger partial charge in [0.15, 0.2) is 0 Å². The lowest BCUT2D eigenvalue weighted by molar-refractivity contribution is -0.0924. The van der Waals surface area contributed by atoms with Gasteiger partial charge in [0.1, 0.15) is 5.60 Å². The quantitative estimate of drug-likeness (QED) is 0.813. The topological polar surface area (TPSA) is 24.9 Å². The largest absolute Gasteiger partial charge is 0.377 e. The summed E-state index contributed by atoms with van der Waals surface area (Å²) in [6.45, 7) is 12.2. The second-order valence-corrected chi connectivity index (χ2v) is 9.14. The van der Waals surface area contributed by atoms with Crippen LogP contribution in [0.4, 0.5) is 0 Å². The zero-order valence-electron chi connectivity index (χ0n) is 15.6. The summed E-state index contributed by atoms with van der Waals surface area (Å²) in [5.74, 6) is 0. The summed E-state index contributed by atoms with van der Waals surface area (Å²) in [7, 11) is 2.19. The van der Waals surface area contributed by atoms with Crippen molar-refractivity contribution >= 4 is 11.3 Å². The van der Waals surface area contributed by atoms with Gasteiger partial charge in [-0.2, -0.15) is 0 Å². The van der Waals surface area contributed by atoms with E-state index >= 15 is 0 Å². The van der Waals surface area contributed by atoms with Gasteiger partial charge in [0.2, 0.25) is 0 Å². The Morgan fingerprint density at radius 2 is 2.25 bits per heavy atom. The van der Waals surface area contributed by atoms with Gasteiger partial charge in [-0.15, -0.1) is 11.3 Å². The summed E-state index contributed by atoms with van der Waals surface area (Å²) in [5, 5.41) is 0. The predicted molar refractivity (Wildman–Crippen MR) is 99.8 cm³/mol. The maximum absolute atomic E-state index is 6.56. The highest BCUT2D eigenvalue weighted by Crippen LogP contribution is 2.34. The minimum Gasteiger partial charge on any atom is -0.377 e. The zero-order valence-corrected chi connectivity index (χ0v) is 16.4. The number of rotatable bonds is 5. The number of hydrogen-bond donors (Lipinski definition) is 0. The summed E-state index contributed by atoms with van der Waals surface area (Å²) in [5.41, 5.74) is -0.106. The smallest absolute Gasteiger partial charge is 0.105 e. The maximum atomic E-state index is 6.56. The molecule has 0 unspecified atom stereocenters. The molecule has 1 spiro atoms. The Morgan fingerprint density at radius 1 is 1.42 bits per heavy atom. The Kier molecular flexibility index (Phi) is 5.98. The van der Waals surface area contributed by atoms with Gasteiger partial charge < -0.3 is 14.4 Å². The van der Waals surface area contributed by atoms with Gasteiger partial charge >= 0.3 is 0 Å². The third-order valence-electron chi connectivity index (χ3n) is 5.32. The molecular weight excluding hydrogens is 320 g/mol. The van der Waals surface area contributed by atoms with Crippen molar-refractivity contribution in [3.63, 3.8) is 0 Å². The first-order valence-electron chi connectivity index (χ1n) is 9.19. The lowest BCUT2D eigenvalue weighted by atomic mass is 10.00. The number of ether oxygens (including phenoxy) is 2. The Hall–Kier alpha value is -0.460. The molecule has 0 N–H and O–H groups in total. The highest BCUT2D eigenvalue weighted by molar-refractivity contribution is 7.11. The monoisotopic (exact) mass is 352 g/mol. The van der Waals surface area contributed by atoms with Crippen LogP contribution in [0, 0.1) is 6.92 Å². The van der Waals surface area contributed by atoms with Crippen molar-refractivity contribution in [3.05, 3.63) is 21.9 Å². The maximum Gasteiger partial charge on any atom is 0.105 e. The zero-order chi connectivity index (χ0) is 17.2. The normalized spacial score (nSPS) is 29.0. The van der Waals surface area contributed by atoms with E-state index in [0.717, 1.165) is 52.2 Å². The van der Waals surface area contributed by atoms with Crippen molar-refractivity contribution in [2.45, 2.75) is 57.9 Å². The summed E-state index contributed by atoms with van der Waals surface area (Å²) in [6, 6.07) is 5.04. The Morgan fingerprint density at radius 3 is 2.96 bits per heavy atom. The minimum absolute atomic E-state index is 0.106. The van der Waals surface area contributed by atoms with Crippen molar-refractivity contribution < 1.29 is 9.47 Å². The average molecular weight is 353 g/mol. The van der Waals surface area contributed by atoms with E-state index in [1.165, 1.54) is 9.75 Å². The van der Waals surface area contributed by atoms with Crippen LogP contribution in [0.25, 0.3) is 0 Å². The third kappa shape index (κ3) is 4.58. The van der Waals surface area contributed by atoms with Crippen LogP contribution in [0.5, 0.6) is 0 Å². The first-order valence-corrected chi connectivity index (χ1v) is 10.0. The molecule has 2 aliphatic heterocycles. The van der Waals surface area contributed by atoms with Gasteiger partial charge in [-0.25, -0.2) is 0 Å². The number of nitrogens with zero attached hydrogens (tertiary/aromatic N) is 2. The molecule has 24 heavy (non-hydrogen) atoms. The minimum atomic E-state index is -0.106. The molecule has 0 aromatic carbocycles. The van der Waals surface area contributed by atoms with E-state index in [2.05, 4.69) is 49.8 Å². The number of aryl methyl sites for hydroxylation is 1. The third-order valence-corrected chi connectivity index (χ3v) is 6.30. The summed E-state index contributed by atoms with van der Waals surface area (Å²) in [6.07, 6.45) is 2.60. The first kappa shape index (κ1) is 18.3. The highest BCUT2D eigenvalue weighted by Gasteiger charge is 2.43. The van der Waals surface area contributed by atoms with Crippen molar-refractivity contribution in [2.24, 2.45) is 0 Å². The molecular formula is C19H32N2O2S. The number of hydrogen-bond acceptors (Lipinski definition) is 5. The molecule has 0 aliphatic carbocycles. The number of thiophene rings is 1. The fourth-order valence-corrected chi connectivity index (χ4v) is 4.62. The van der Waals surface area contributed by atoms with Crippen LogP contribution < -0.4 is 0 Å². The van der Waals surface area contributed by atoms with Gasteiger partial charge in [0, 0.05) is 42.0 Å². The Balaban J connectivity index is 1.60. The second-order valence-electron chi connectivity index (χ2n) is 7.77. The molecule has 136 valence electrons. The SMILES string of the molecule is Cc1ccc(CN2CCOC[C@@]3(CC[C@@H](CN(C)C(C)C)O3)C2)s1. The van der Waals surface area contributed by atoms with Crippen LogP contribution in [-0.4, -0.2) is 67.4 Å². The molecule has 0 amide bonds. The van der Waals surface area contributed by atoms with Gasteiger partial charge in [-0.1, -0.05) is 0 Å². The van der Waals surface area contributed by atoms with E-state index in [1.807, 2.05) is 11.3 Å².